The highest BCUT2D eigenvalue weighted by molar-refractivity contribution is 7.17. The number of benzene rings is 2. The highest BCUT2D eigenvalue weighted by Gasteiger charge is 2.08. The fraction of sp³-hybridized carbons (Fsp3) is 0.176. The summed E-state index contributed by atoms with van der Waals surface area (Å²) in [5.41, 5.74) is 3.71. The minimum atomic E-state index is 0.803. The number of thiophene rings is 1. The van der Waals surface area contributed by atoms with E-state index in [1.165, 1.54) is 26.8 Å². The zero-order valence-corrected chi connectivity index (χ0v) is 12.5. The standard InChI is InChI=1S/C17H17NOS/c1-18-11-14-10-13(6-7-16(14)19-2)15-5-3-4-12-8-9-20-17(12)15/h3-10,18H,11H2,1-2H3. The smallest absolute Gasteiger partial charge is 0.123 e. The van der Waals surface area contributed by atoms with Crippen LogP contribution in [-0.2, 0) is 6.54 Å². The van der Waals surface area contributed by atoms with Gasteiger partial charge in [0.25, 0.3) is 0 Å². The number of methoxy groups -OCH3 is 1. The number of nitrogens with one attached hydrogen (secondary N) is 1. The Kier molecular flexibility index (Phi) is 3.72. The summed E-state index contributed by atoms with van der Waals surface area (Å²) in [6, 6.07) is 15.0. The SMILES string of the molecule is CNCc1cc(-c2cccc3ccsc23)ccc1OC. The topological polar surface area (TPSA) is 21.3 Å². The molecule has 3 aromatic rings. The first kappa shape index (κ1) is 13.2. The van der Waals surface area contributed by atoms with Gasteiger partial charge in [-0.25, -0.2) is 0 Å². The third-order valence-electron chi connectivity index (χ3n) is 3.44. The second-order valence-corrected chi connectivity index (χ2v) is 5.62. The third-order valence-corrected chi connectivity index (χ3v) is 4.40. The Morgan fingerprint density at radius 2 is 2.05 bits per heavy atom. The van der Waals surface area contributed by atoms with Gasteiger partial charge in [-0.15, -0.1) is 11.3 Å². The molecule has 2 nitrogen and oxygen atoms in total. The number of hydrogen-bond acceptors (Lipinski definition) is 3. The van der Waals surface area contributed by atoms with Gasteiger partial charge in [-0.2, -0.15) is 0 Å². The Morgan fingerprint density at radius 1 is 1.15 bits per heavy atom. The van der Waals surface area contributed by atoms with Gasteiger partial charge >= 0.3 is 0 Å². The maximum Gasteiger partial charge on any atom is 0.123 e. The van der Waals surface area contributed by atoms with E-state index in [-0.39, 0.29) is 0 Å². The van der Waals surface area contributed by atoms with E-state index in [9.17, 15) is 0 Å². The summed E-state index contributed by atoms with van der Waals surface area (Å²) >= 11 is 1.79. The van der Waals surface area contributed by atoms with Crippen LogP contribution in [0, 0.1) is 0 Å². The molecule has 2 aromatic carbocycles. The summed E-state index contributed by atoms with van der Waals surface area (Å²) < 4.78 is 6.76. The normalized spacial score (nSPS) is 10.9. The van der Waals surface area contributed by atoms with E-state index in [0.29, 0.717) is 0 Å². The molecule has 1 aromatic heterocycles. The van der Waals surface area contributed by atoms with Crippen LogP contribution in [0.1, 0.15) is 5.56 Å². The van der Waals surface area contributed by atoms with Crippen molar-refractivity contribution < 1.29 is 4.74 Å². The summed E-state index contributed by atoms with van der Waals surface area (Å²) in [5, 5.41) is 6.64. The van der Waals surface area contributed by atoms with Crippen LogP contribution in [0.25, 0.3) is 21.2 Å². The van der Waals surface area contributed by atoms with Crippen LogP contribution >= 0.6 is 11.3 Å². The van der Waals surface area contributed by atoms with Crippen LogP contribution in [0.15, 0.2) is 47.8 Å². The molecule has 0 amide bonds. The molecule has 0 spiro atoms. The van der Waals surface area contributed by atoms with Crippen molar-refractivity contribution in [2.24, 2.45) is 0 Å². The minimum Gasteiger partial charge on any atom is -0.496 e. The van der Waals surface area contributed by atoms with Gasteiger partial charge in [0.05, 0.1) is 7.11 Å². The summed E-state index contributed by atoms with van der Waals surface area (Å²) in [6.07, 6.45) is 0. The van der Waals surface area contributed by atoms with E-state index in [0.717, 1.165) is 12.3 Å². The largest absolute Gasteiger partial charge is 0.496 e. The fourth-order valence-corrected chi connectivity index (χ4v) is 3.43. The lowest BCUT2D eigenvalue weighted by Crippen LogP contribution is -2.06. The summed E-state index contributed by atoms with van der Waals surface area (Å²) in [5.74, 6) is 0.932. The number of ether oxygens (including phenoxy) is 1. The van der Waals surface area contributed by atoms with Gasteiger partial charge in [0.2, 0.25) is 0 Å². The number of hydrogen-bond donors (Lipinski definition) is 1. The van der Waals surface area contributed by atoms with Crippen LogP contribution in [0.2, 0.25) is 0 Å². The van der Waals surface area contributed by atoms with Gasteiger partial charge in [0, 0.05) is 16.8 Å². The molecular weight excluding hydrogens is 266 g/mol. The van der Waals surface area contributed by atoms with Gasteiger partial charge in [-0.1, -0.05) is 24.3 Å². The lowest BCUT2D eigenvalue weighted by atomic mass is 10.0. The average molecular weight is 283 g/mol. The van der Waals surface area contributed by atoms with Crippen molar-refractivity contribution in [3.63, 3.8) is 0 Å². The third kappa shape index (κ3) is 2.30. The lowest BCUT2D eigenvalue weighted by molar-refractivity contribution is 0.408. The Labute approximate surface area is 123 Å². The van der Waals surface area contributed by atoms with Crippen LogP contribution in [-0.4, -0.2) is 14.2 Å². The van der Waals surface area contributed by atoms with Crippen molar-refractivity contribution in [3.05, 3.63) is 53.4 Å². The Bertz CT molecular complexity index is 733. The van der Waals surface area contributed by atoms with Crippen molar-refractivity contribution in [1.82, 2.24) is 5.32 Å². The maximum atomic E-state index is 5.42. The molecule has 102 valence electrons. The number of rotatable bonds is 4. The predicted molar refractivity (Wildman–Crippen MR) is 86.6 cm³/mol. The highest BCUT2D eigenvalue weighted by atomic mass is 32.1. The molecule has 0 saturated heterocycles. The maximum absolute atomic E-state index is 5.42. The second kappa shape index (κ2) is 5.65. The van der Waals surface area contributed by atoms with Gasteiger partial charge in [-0.3, -0.25) is 0 Å². The van der Waals surface area contributed by atoms with Crippen LogP contribution in [0.4, 0.5) is 0 Å². The molecule has 0 aliphatic rings. The minimum absolute atomic E-state index is 0.803. The molecule has 0 unspecified atom stereocenters. The molecule has 0 saturated carbocycles. The average Bonchev–Trinajstić information content (AvgIpc) is 2.96. The van der Waals surface area contributed by atoms with Crippen LogP contribution < -0.4 is 10.1 Å². The quantitative estimate of drug-likeness (QED) is 0.771. The molecule has 0 aliphatic heterocycles. The van der Waals surface area contributed by atoms with Gasteiger partial charge in [-0.05, 0) is 47.1 Å². The summed E-state index contributed by atoms with van der Waals surface area (Å²) in [6.45, 7) is 0.803. The Balaban J connectivity index is 2.14. The van der Waals surface area contributed by atoms with Gasteiger partial charge in [0.1, 0.15) is 5.75 Å². The highest BCUT2D eigenvalue weighted by Crippen LogP contribution is 2.34. The molecule has 20 heavy (non-hydrogen) atoms. The monoisotopic (exact) mass is 283 g/mol. The molecule has 0 atom stereocenters. The van der Waals surface area contributed by atoms with Crippen molar-refractivity contribution in [2.75, 3.05) is 14.2 Å². The molecule has 1 heterocycles. The molecule has 0 bridgehead atoms. The first-order valence-electron chi connectivity index (χ1n) is 6.61. The molecule has 1 N–H and O–H groups in total. The van der Waals surface area contributed by atoms with Crippen molar-refractivity contribution in [1.29, 1.82) is 0 Å². The Morgan fingerprint density at radius 3 is 2.85 bits per heavy atom. The van der Waals surface area contributed by atoms with Crippen molar-refractivity contribution >= 4 is 21.4 Å². The zero-order valence-electron chi connectivity index (χ0n) is 11.6. The zero-order chi connectivity index (χ0) is 13.9. The first-order chi connectivity index (χ1) is 9.83. The van der Waals surface area contributed by atoms with E-state index in [1.54, 1.807) is 18.4 Å². The fourth-order valence-electron chi connectivity index (χ4n) is 2.50. The molecule has 3 rings (SSSR count). The van der Waals surface area contributed by atoms with E-state index in [4.69, 9.17) is 4.74 Å². The van der Waals surface area contributed by atoms with E-state index in [1.807, 2.05) is 7.05 Å². The first-order valence-corrected chi connectivity index (χ1v) is 7.49. The Hall–Kier alpha value is -1.84. The second-order valence-electron chi connectivity index (χ2n) is 4.70. The van der Waals surface area contributed by atoms with Gasteiger partial charge < -0.3 is 10.1 Å². The molecule has 0 radical (unpaired) electrons. The van der Waals surface area contributed by atoms with Crippen molar-refractivity contribution in [2.45, 2.75) is 6.54 Å². The van der Waals surface area contributed by atoms with Crippen molar-refractivity contribution in [3.8, 4) is 16.9 Å². The van der Waals surface area contributed by atoms with Crippen LogP contribution in [0.3, 0.4) is 0 Å². The summed E-state index contributed by atoms with van der Waals surface area (Å²) in [4.78, 5) is 0. The molecular formula is C17H17NOS. The van der Waals surface area contributed by atoms with E-state index < -0.39 is 0 Å². The lowest BCUT2D eigenvalue weighted by Gasteiger charge is -2.11. The molecule has 0 fully saturated rings. The number of fused-ring (bicyclic) bond motifs is 1. The molecule has 0 aliphatic carbocycles. The molecule has 3 heteroatoms. The predicted octanol–water partition coefficient (Wildman–Crippen LogP) is 4.30. The van der Waals surface area contributed by atoms with E-state index >= 15 is 0 Å². The van der Waals surface area contributed by atoms with Crippen LogP contribution in [0.5, 0.6) is 5.75 Å². The van der Waals surface area contributed by atoms with Gasteiger partial charge in [0.15, 0.2) is 0 Å². The van der Waals surface area contributed by atoms with E-state index in [2.05, 4.69) is 53.2 Å². The summed E-state index contributed by atoms with van der Waals surface area (Å²) in [7, 11) is 3.67.